The highest BCUT2D eigenvalue weighted by Crippen LogP contribution is 2.16. The van der Waals surface area contributed by atoms with Crippen LogP contribution in [0.15, 0.2) is 24.3 Å². The number of amides is 1. The van der Waals surface area contributed by atoms with Crippen LogP contribution in [0.25, 0.3) is 0 Å². The van der Waals surface area contributed by atoms with Crippen LogP contribution in [0.2, 0.25) is 5.02 Å². The van der Waals surface area contributed by atoms with Gasteiger partial charge in [-0.1, -0.05) is 30.7 Å². The van der Waals surface area contributed by atoms with Gasteiger partial charge < -0.3 is 10.0 Å². The van der Waals surface area contributed by atoms with Gasteiger partial charge in [-0.15, -0.1) is 0 Å². The quantitative estimate of drug-likeness (QED) is 0.842. The number of carboxylic acid groups (broad SMARTS) is 1. The Morgan fingerprint density at radius 2 is 1.90 bits per heavy atom. The molecule has 0 aliphatic carbocycles. The predicted molar refractivity (Wildman–Crippen MR) is 78.8 cm³/mol. The van der Waals surface area contributed by atoms with E-state index in [2.05, 4.69) is 0 Å². The lowest BCUT2D eigenvalue weighted by molar-refractivity contribution is -0.138. The number of aliphatic carboxylic acids is 1. The molecule has 0 spiro atoms. The van der Waals surface area contributed by atoms with Gasteiger partial charge in [0.2, 0.25) is 5.91 Å². The lowest BCUT2D eigenvalue weighted by atomic mass is 9.97. The van der Waals surface area contributed by atoms with Crippen molar-refractivity contribution in [1.82, 2.24) is 4.90 Å². The fraction of sp³-hybridized carbons (Fsp3) is 0.467. The summed E-state index contributed by atoms with van der Waals surface area (Å²) in [6.45, 7) is 2.26. The van der Waals surface area contributed by atoms with Gasteiger partial charge in [-0.2, -0.15) is 0 Å². The van der Waals surface area contributed by atoms with E-state index in [0.29, 0.717) is 11.4 Å². The lowest BCUT2D eigenvalue weighted by Gasteiger charge is -2.19. The second-order valence-corrected chi connectivity index (χ2v) is 5.54. The Morgan fingerprint density at radius 3 is 2.45 bits per heavy atom. The smallest absolute Gasteiger partial charge is 0.305 e. The molecule has 0 heterocycles. The molecule has 0 radical (unpaired) electrons. The average molecular weight is 298 g/mol. The molecule has 1 atom stereocenters. The maximum absolute atomic E-state index is 11.9. The van der Waals surface area contributed by atoms with E-state index in [1.54, 1.807) is 7.05 Å². The molecule has 1 aromatic rings. The van der Waals surface area contributed by atoms with Crippen molar-refractivity contribution in [3.8, 4) is 0 Å². The highest BCUT2D eigenvalue weighted by atomic mass is 35.5. The van der Waals surface area contributed by atoms with E-state index in [4.69, 9.17) is 16.7 Å². The van der Waals surface area contributed by atoms with Gasteiger partial charge in [0.15, 0.2) is 0 Å². The van der Waals surface area contributed by atoms with Crippen LogP contribution < -0.4 is 0 Å². The van der Waals surface area contributed by atoms with Crippen molar-refractivity contribution in [3.63, 3.8) is 0 Å². The number of carbonyl (C=O) groups is 2. The first-order valence-electron chi connectivity index (χ1n) is 6.58. The molecule has 1 unspecified atom stereocenters. The van der Waals surface area contributed by atoms with Gasteiger partial charge in [0, 0.05) is 25.0 Å². The van der Waals surface area contributed by atoms with Crippen molar-refractivity contribution in [2.75, 3.05) is 13.6 Å². The molecule has 4 nitrogen and oxygen atoms in total. The number of hydrogen-bond donors (Lipinski definition) is 1. The van der Waals surface area contributed by atoms with E-state index in [0.717, 1.165) is 12.0 Å². The summed E-state index contributed by atoms with van der Waals surface area (Å²) < 4.78 is 0. The van der Waals surface area contributed by atoms with Crippen LogP contribution in [-0.4, -0.2) is 35.5 Å². The molecule has 1 rings (SSSR count). The van der Waals surface area contributed by atoms with Crippen molar-refractivity contribution in [2.24, 2.45) is 5.92 Å². The summed E-state index contributed by atoms with van der Waals surface area (Å²) in [4.78, 5) is 23.9. The van der Waals surface area contributed by atoms with Crippen molar-refractivity contribution in [3.05, 3.63) is 34.9 Å². The molecule has 110 valence electrons. The molecule has 0 bridgehead atoms. The van der Waals surface area contributed by atoms with Gasteiger partial charge in [0.1, 0.15) is 0 Å². The van der Waals surface area contributed by atoms with E-state index in [1.165, 1.54) is 4.90 Å². The topological polar surface area (TPSA) is 57.6 Å². The average Bonchev–Trinajstić information content (AvgIpc) is 2.38. The summed E-state index contributed by atoms with van der Waals surface area (Å²) in [5, 5.41) is 9.29. The number of hydrogen-bond acceptors (Lipinski definition) is 2. The van der Waals surface area contributed by atoms with Crippen molar-refractivity contribution < 1.29 is 14.7 Å². The first-order valence-corrected chi connectivity index (χ1v) is 6.96. The van der Waals surface area contributed by atoms with Crippen LogP contribution in [0.3, 0.4) is 0 Å². The first-order chi connectivity index (χ1) is 9.38. The summed E-state index contributed by atoms with van der Waals surface area (Å²) in [6.07, 6.45) is 1.20. The number of carbonyl (C=O) groups excluding carboxylic acids is 1. The van der Waals surface area contributed by atoms with E-state index in [-0.39, 0.29) is 24.8 Å². The molecule has 0 saturated heterocycles. The molecular weight excluding hydrogens is 278 g/mol. The third-order valence-electron chi connectivity index (χ3n) is 3.11. The minimum absolute atomic E-state index is 0.0200. The molecule has 1 N–H and O–H groups in total. The highest BCUT2D eigenvalue weighted by molar-refractivity contribution is 6.30. The maximum atomic E-state index is 11.9. The van der Waals surface area contributed by atoms with Gasteiger partial charge in [-0.3, -0.25) is 9.59 Å². The number of nitrogens with zero attached hydrogens (tertiary/aromatic N) is 1. The Balaban J connectivity index is 2.41. The molecular formula is C15H20ClNO3. The Labute approximate surface area is 124 Å². The van der Waals surface area contributed by atoms with E-state index in [1.807, 2.05) is 31.2 Å². The predicted octanol–water partition coefficient (Wildman–Crippen LogP) is 2.84. The van der Waals surface area contributed by atoms with Crippen molar-refractivity contribution in [1.29, 1.82) is 0 Å². The summed E-state index contributed by atoms with van der Waals surface area (Å²) in [6, 6.07) is 7.59. The Kier molecular flexibility index (Phi) is 6.52. The van der Waals surface area contributed by atoms with Crippen molar-refractivity contribution in [2.45, 2.75) is 26.2 Å². The van der Waals surface area contributed by atoms with E-state index in [9.17, 15) is 9.59 Å². The SMILES string of the molecule is CC(CC(=O)N(C)CCC(=O)O)Cc1ccc(Cl)cc1. The number of carboxylic acids is 1. The van der Waals surface area contributed by atoms with Gasteiger partial charge in [0.05, 0.1) is 6.42 Å². The second-order valence-electron chi connectivity index (χ2n) is 5.10. The third kappa shape index (κ3) is 6.06. The fourth-order valence-corrected chi connectivity index (χ4v) is 2.06. The molecule has 5 heteroatoms. The normalized spacial score (nSPS) is 11.9. The third-order valence-corrected chi connectivity index (χ3v) is 3.36. The number of rotatable bonds is 7. The molecule has 0 aliphatic rings. The van der Waals surface area contributed by atoms with Gasteiger partial charge in [-0.05, 0) is 30.0 Å². The minimum Gasteiger partial charge on any atom is -0.481 e. The summed E-state index contributed by atoms with van der Waals surface area (Å²) >= 11 is 5.83. The fourth-order valence-electron chi connectivity index (χ4n) is 1.94. The van der Waals surface area contributed by atoms with E-state index >= 15 is 0 Å². The molecule has 1 amide bonds. The summed E-state index contributed by atoms with van der Waals surface area (Å²) in [7, 11) is 1.64. The zero-order chi connectivity index (χ0) is 15.1. The van der Waals surface area contributed by atoms with E-state index < -0.39 is 5.97 Å². The molecule has 1 aromatic carbocycles. The van der Waals surface area contributed by atoms with Crippen LogP contribution in [0.4, 0.5) is 0 Å². The Morgan fingerprint density at radius 1 is 1.30 bits per heavy atom. The largest absolute Gasteiger partial charge is 0.481 e. The van der Waals surface area contributed by atoms with Crippen LogP contribution in [0.5, 0.6) is 0 Å². The Hall–Kier alpha value is -1.55. The van der Waals surface area contributed by atoms with Crippen LogP contribution >= 0.6 is 11.6 Å². The zero-order valence-corrected chi connectivity index (χ0v) is 12.6. The Bertz CT molecular complexity index is 459. The van der Waals surface area contributed by atoms with Crippen molar-refractivity contribution >= 4 is 23.5 Å². The maximum Gasteiger partial charge on any atom is 0.305 e. The molecule has 20 heavy (non-hydrogen) atoms. The molecule has 0 aliphatic heterocycles. The number of halogens is 1. The highest BCUT2D eigenvalue weighted by Gasteiger charge is 2.14. The monoisotopic (exact) mass is 297 g/mol. The zero-order valence-electron chi connectivity index (χ0n) is 11.8. The summed E-state index contributed by atoms with van der Waals surface area (Å²) in [5.41, 5.74) is 1.14. The summed E-state index contributed by atoms with van der Waals surface area (Å²) in [5.74, 6) is -0.706. The van der Waals surface area contributed by atoms with Crippen LogP contribution in [0.1, 0.15) is 25.3 Å². The van der Waals surface area contributed by atoms with Crippen LogP contribution in [0, 0.1) is 5.92 Å². The molecule has 0 aromatic heterocycles. The van der Waals surface area contributed by atoms with Gasteiger partial charge in [-0.25, -0.2) is 0 Å². The second kappa shape index (κ2) is 7.90. The van der Waals surface area contributed by atoms with Crippen LogP contribution in [-0.2, 0) is 16.0 Å². The minimum atomic E-state index is -0.890. The van der Waals surface area contributed by atoms with Gasteiger partial charge in [0.25, 0.3) is 0 Å². The first kappa shape index (κ1) is 16.5. The number of benzene rings is 1. The molecule has 0 fully saturated rings. The standard InChI is InChI=1S/C15H20ClNO3/c1-11(9-12-3-5-13(16)6-4-12)10-14(18)17(2)8-7-15(19)20/h3-6,11H,7-10H2,1-2H3,(H,19,20). The lowest BCUT2D eigenvalue weighted by Crippen LogP contribution is -2.30. The molecule has 0 saturated carbocycles. The van der Waals surface area contributed by atoms with Gasteiger partial charge >= 0.3 is 5.97 Å².